The highest BCUT2D eigenvalue weighted by Gasteiger charge is 2.21. The SMILES string of the molecule is CN1CCC(NC(=O)c2cnc(N)c3cc(-c4ccccc4)ccc23)CC1. The Balaban J connectivity index is 1.65. The van der Waals surface area contributed by atoms with Crippen molar-refractivity contribution in [3.8, 4) is 11.1 Å². The number of likely N-dealkylation sites (tertiary alicyclic amines) is 1. The lowest BCUT2D eigenvalue weighted by Gasteiger charge is -2.29. The summed E-state index contributed by atoms with van der Waals surface area (Å²) >= 11 is 0. The molecule has 1 aliphatic heterocycles. The molecule has 4 rings (SSSR count). The lowest BCUT2D eigenvalue weighted by atomic mass is 9.99. The summed E-state index contributed by atoms with van der Waals surface area (Å²) in [5, 5.41) is 4.82. The first-order valence-corrected chi connectivity index (χ1v) is 9.35. The molecule has 0 radical (unpaired) electrons. The van der Waals surface area contributed by atoms with Gasteiger partial charge in [-0.05, 0) is 55.6 Å². The highest BCUT2D eigenvalue weighted by atomic mass is 16.1. The number of carbonyl (C=O) groups excluding carboxylic acids is 1. The standard InChI is InChI=1S/C22H24N4O/c1-26-11-9-17(10-12-26)25-22(27)20-14-24-21(23)19-13-16(7-8-18(19)20)15-5-3-2-4-6-15/h2-8,13-14,17H,9-12H2,1H3,(H2,23,24)(H,25,27). The molecular weight excluding hydrogens is 336 g/mol. The van der Waals surface area contributed by atoms with E-state index < -0.39 is 0 Å². The van der Waals surface area contributed by atoms with Gasteiger partial charge < -0.3 is 16.0 Å². The Labute approximate surface area is 159 Å². The van der Waals surface area contributed by atoms with E-state index in [1.165, 1.54) is 0 Å². The van der Waals surface area contributed by atoms with Gasteiger partial charge in [0.1, 0.15) is 5.82 Å². The zero-order valence-electron chi connectivity index (χ0n) is 15.5. The second-order valence-corrected chi connectivity index (χ2v) is 7.23. The van der Waals surface area contributed by atoms with Crippen molar-refractivity contribution >= 4 is 22.5 Å². The molecule has 138 valence electrons. The Kier molecular flexibility index (Phi) is 4.77. The van der Waals surface area contributed by atoms with Crippen molar-refractivity contribution in [1.29, 1.82) is 0 Å². The highest BCUT2D eigenvalue weighted by Crippen LogP contribution is 2.29. The number of nitrogens with one attached hydrogen (secondary N) is 1. The van der Waals surface area contributed by atoms with E-state index in [1.807, 2.05) is 36.4 Å². The Morgan fingerprint density at radius 2 is 1.81 bits per heavy atom. The van der Waals surface area contributed by atoms with Crippen LogP contribution in [-0.4, -0.2) is 42.0 Å². The van der Waals surface area contributed by atoms with E-state index in [1.54, 1.807) is 6.20 Å². The lowest BCUT2D eigenvalue weighted by molar-refractivity contribution is 0.0918. The number of fused-ring (bicyclic) bond motifs is 1. The van der Waals surface area contributed by atoms with Crippen LogP contribution in [0.4, 0.5) is 5.82 Å². The number of hydrogen-bond donors (Lipinski definition) is 2. The zero-order valence-corrected chi connectivity index (χ0v) is 15.5. The molecule has 0 spiro atoms. The van der Waals surface area contributed by atoms with Crippen molar-refractivity contribution < 1.29 is 4.79 Å². The van der Waals surface area contributed by atoms with Crippen LogP contribution in [-0.2, 0) is 0 Å². The number of piperidine rings is 1. The average molecular weight is 360 g/mol. The van der Waals surface area contributed by atoms with Gasteiger partial charge >= 0.3 is 0 Å². The molecule has 0 unspecified atom stereocenters. The summed E-state index contributed by atoms with van der Waals surface area (Å²) in [6.07, 6.45) is 3.53. The van der Waals surface area contributed by atoms with E-state index in [0.717, 1.165) is 47.8 Å². The fourth-order valence-corrected chi connectivity index (χ4v) is 3.67. The van der Waals surface area contributed by atoms with Crippen LogP contribution in [0.2, 0.25) is 0 Å². The molecule has 0 bridgehead atoms. The number of benzene rings is 2. The van der Waals surface area contributed by atoms with Crippen LogP contribution in [0.15, 0.2) is 54.7 Å². The average Bonchev–Trinajstić information content (AvgIpc) is 2.70. The number of amides is 1. The maximum atomic E-state index is 12.9. The number of hydrogen-bond acceptors (Lipinski definition) is 4. The molecule has 5 heteroatoms. The predicted octanol–water partition coefficient (Wildman–Crippen LogP) is 3.31. The van der Waals surface area contributed by atoms with Crippen molar-refractivity contribution in [3.05, 3.63) is 60.3 Å². The van der Waals surface area contributed by atoms with E-state index in [9.17, 15) is 4.79 Å². The number of pyridine rings is 1. The van der Waals surface area contributed by atoms with Gasteiger partial charge in [0.15, 0.2) is 0 Å². The molecule has 1 fully saturated rings. The topological polar surface area (TPSA) is 71.2 Å². The number of anilines is 1. The molecule has 1 saturated heterocycles. The Morgan fingerprint density at radius 3 is 2.56 bits per heavy atom. The molecular formula is C22H24N4O. The van der Waals surface area contributed by atoms with Crippen molar-refractivity contribution in [3.63, 3.8) is 0 Å². The zero-order chi connectivity index (χ0) is 18.8. The minimum absolute atomic E-state index is 0.0745. The second-order valence-electron chi connectivity index (χ2n) is 7.23. The first-order valence-electron chi connectivity index (χ1n) is 9.35. The number of carbonyl (C=O) groups is 1. The molecule has 3 N–H and O–H groups in total. The fraction of sp³-hybridized carbons (Fsp3) is 0.273. The summed E-state index contributed by atoms with van der Waals surface area (Å²) in [6.45, 7) is 2.01. The van der Waals surface area contributed by atoms with Gasteiger partial charge in [-0.3, -0.25) is 4.79 Å². The molecule has 2 heterocycles. The maximum absolute atomic E-state index is 12.9. The Bertz CT molecular complexity index is 963. The molecule has 1 aliphatic rings. The number of nitrogens with two attached hydrogens (primary N) is 1. The van der Waals surface area contributed by atoms with Gasteiger partial charge in [-0.1, -0.05) is 42.5 Å². The fourth-order valence-electron chi connectivity index (χ4n) is 3.67. The molecule has 0 aliphatic carbocycles. The number of nitrogen functional groups attached to an aromatic ring is 1. The quantitative estimate of drug-likeness (QED) is 0.752. The number of rotatable bonds is 3. The van der Waals surface area contributed by atoms with Crippen LogP contribution in [0.1, 0.15) is 23.2 Å². The van der Waals surface area contributed by atoms with Crippen molar-refractivity contribution in [1.82, 2.24) is 15.2 Å². The molecule has 2 aromatic carbocycles. The van der Waals surface area contributed by atoms with Crippen molar-refractivity contribution in [2.75, 3.05) is 25.9 Å². The van der Waals surface area contributed by atoms with Crippen LogP contribution in [0.3, 0.4) is 0 Å². The molecule has 5 nitrogen and oxygen atoms in total. The van der Waals surface area contributed by atoms with Gasteiger partial charge in [-0.2, -0.15) is 0 Å². The van der Waals surface area contributed by atoms with Crippen LogP contribution < -0.4 is 11.1 Å². The summed E-state index contributed by atoms with van der Waals surface area (Å²) in [5.74, 6) is 0.369. The molecule has 3 aromatic rings. The molecule has 1 aromatic heterocycles. The van der Waals surface area contributed by atoms with Gasteiger partial charge in [0.25, 0.3) is 5.91 Å². The van der Waals surface area contributed by atoms with Crippen LogP contribution in [0, 0.1) is 0 Å². The van der Waals surface area contributed by atoms with Crippen molar-refractivity contribution in [2.45, 2.75) is 18.9 Å². The van der Waals surface area contributed by atoms with Gasteiger partial charge in [0.05, 0.1) is 5.56 Å². The van der Waals surface area contributed by atoms with E-state index in [4.69, 9.17) is 5.73 Å². The summed E-state index contributed by atoms with van der Waals surface area (Å²) in [4.78, 5) is 19.4. The highest BCUT2D eigenvalue weighted by molar-refractivity contribution is 6.09. The summed E-state index contributed by atoms with van der Waals surface area (Å²) in [5.41, 5.74) is 8.88. The normalized spacial score (nSPS) is 15.7. The second kappa shape index (κ2) is 7.37. The monoisotopic (exact) mass is 360 g/mol. The predicted molar refractivity (Wildman–Crippen MR) is 110 cm³/mol. The minimum atomic E-state index is -0.0745. The van der Waals surface area contributed by atoms with E-state index in [2.05, 4.69) is 34.4 Å². The third-order valence-corrected chi connectivity index (χ3v) is 5.32. The minimum Gasteiger partial charge on any atom is -0.383 e. The van der Waals surface area contributed by atoms with Crippen LogP contribution in [0.25, 0.3) is 21.9 Å². The van der Waals surface area contributed by atoms with E-state index in [-0.39, 0.29) is 11.9 Å². The van der Waals surface area contributed by atoms with Crippen LogP contribution in [0.5, 0.6) is 0 Å². The lowest BCUT2D eigenvalue weighted by Crippen LogP contribution is -2.43. The van der Waals surface area contributed by atoms with Crippen LogP contribution >= 0.6 is 0 Å². The molecule has 0 atom stereocenters. The Morgan fingerprint density at radius 1 is 1.07 bits per heavy atom. The Hall–Kier alpha value is -2.92. The number of aromatic nitrogens is 1. The third kappa shape index (κ3) is 3.64. The summed E-state index contributed by atoms with van der Waals surface area (Å²) < 4.78 is 0. The number of nitrogens with zero attached hydrogens (tertiary/aromatic N) is 2. The maximum Gasteiger partial charge on any atom is 0.253 e. The van der Waals surface area contributed by atoms with Crippen molar-refractivity contribution in [2.24, 2.45) is 0 Å². The van der Waals surface area contributed by atoms with E-state index in [0.29, 0.717) is 11.4 Å². The van der Waals surface area contributed by atoms with E-state index >= 15 is 0 Å². The molecule has 0 saturated carbocycles. The van der Waals surface area contributed by atoms with Gasteiger partial charge in [0, 0.05) is 17.6 Å². The molecule has 1 amide bonds. The third-order valence-electron chi connectivity index (χ3n) is 5.32. The summed E-state index contributed by atoms with van der Waals surface area (Å²) in [6, 6.07) is 16.3. The first kappa shape index (κ1) is 17.5. The largest absolute Gasteiger partial charge is 0.383 e. The van der Waals surface area contributed by atoms with Gasteiger partial charge in [-0.15, -0.1) is 0 Å². The summed E-state index contributed by atoms with van der Waals surface area (Å²) in [7, 11) is 2.11. The smallest absolute Gasteiger partial charge is 0.253 e. The molecule has 27 heavy (non-hydrogen) atoms. The van der Waals surface area contributed by atoms with Gasteiger partial charge in [0.2, 0.25) is 0 Å². The van der Waals surface area contributed by atoms with Gasteiger partial charge in [-0.25, -0.2) is 4.98 Å². The first-order chi connectivity index (χ1) is 13.1.